The molecule has 0 aromatic heterocycles. The highest BCUT2D eigenvalue weighted by molar-refractivity contribution is 5.95. The van der Waals surface area contributed by atoms with Gasteiger partial charge in [-0.05, 0) is 19.1 Å². The van der Waals surface area contributed by atoms with Crippen LogP contribution in [0.25, 0.3) is 0 Å². The SMILES string of the molecule is Cc1ccc(C(=O)NCC(=O)OCC#N)cc1. The number of amides is 1. The third-order valence-electron chi connectivity index (χ3n) is 2.00. The molecule has 0 aliphatic heterocycles. The molecule has 17 heavy (non-hydrogen) atoms. The maximum Gasteiger partial charge on any atom is 0.326 e. The van der Waals surface area contributed by atoms with Crippen LogP contribution in [0.2, 0.25) is 0 Å². The van der Waals surface area contributed by atoms with E-state index in [0.717, 1.165) is 5.56 Å². The Labute approximate surface area is 99.0 Å². The van der Waals surface area contributed by atoms with Gasteiger partial charge in [-0.1, -0.05) is 17.7 Å². The molecule has 0 radical (unpaired) electrons. The van der Waals surface area contributed by atoms with E-state index >= 15 is 0 Å². The second-order valence-electron chi connectivity index (χ2n) is 3.37. The van der Waals surface area contributed by atoms with Crippen LogP contribution in [0.4, 0.5) is 0 Å². The molecule has 0 unspecified atom stereocenters. The predicted octanol–water partition coefficient (Wildman–Crippen LogP) is 0.792. The Bertz CT molecular complexity index is 446. The number of hydrogen-bond acceptors (Lipinski definition) is 4. The molecule has 0 spiro atoms. The summed E-state index contributed by atoms with van der Waals surface area (Å²) >= 11 is 0. The van der Waals surface area contributed by atoms with Crippen LogP contribution in [-0.4, -0.2) is 25.0 Å². The number of aryl methyl sites for hydroxylation is 1. The van der Waals surface area contributed by atoms with Gasteiger partial charge in [0.2, 0.25) is 0 Å². The fourth-order valence-electron chi connectivity index (χ4n) is 1.12. The fraction of sp³-hybridized carbons (Fsp3) is 0.250. The molecule has 1 rings (SSSR count). The first-order valence-electron chi connectivity index (χ1n) is 5.01. The second-order valence-corrected chi connectivity index (χ2v) is 3.37. The molecular formula is C12H12N2O3. The minimum atomic E-state index is -0.632. The van der Waals surface area contributed by atoms with Crippen molar-refractivity contribution in [2.75, 3.05) is 13.2 Å². The van der Waals surface area contributed by atoms with Gasteiger partial charge in [-0.15, -0.1) is 0 Å². The van der Waals surface area contributed by atoms with E-state index in [-0.39, 0.29) is 19.1 Å². The summed E-state index contributed by atoms with van der Waals surface area (Å²) in [5.74, 6) is -0.981. The van der Waals surface area contributed by atoms with E-state index in [0.29, 0.717) is 5.56 Å². The highest BCUT2D eigenvalue weighted by atomic mass is 16.5. The smallest absolute Gasteiger partial charge is 0.326 e. The van der Waals surface area contributed by atoms with Gasteiger partial charge in [0.05, 0.1) is 0 Å². The third-order valence-corrected chi connectivity index (χ3v) is 2.00. The van der Waals surface area contributed by atoms with Gasteiger partial charge in [0, 0.05) is 5.56 Å². The van der Waals surface area contributed by atoms with Gasteiger partial charge in [-0.2, -0.15) is 5.26 Å². The minimum absolute atomic E-state index is 0.242. The number of nitriles is 1. The Morgan fingerprint density at radius 3 is 2.59 bits per heavy atom. The van der Waals surface area contributed by atoms with Gasteiger partial charge < -0.3 is 10.1 Å². The molecule has 1 N–H and O–H groups in total. The van der Waals surface area contributed by atoms with Crippen LogP contribution >= 0.6 is 0 Å². The lowest BCUT2D eigenvalue weighted by atomic mass is 10.1. The first-order chi connectivity index (χ1) is 8.13. The number of nitrogens with one attached hydrogen (secondary N) is 1. The van der Waals surface area contributed by atoms with E-state index in [1.807, 2.05) is 19.1 Å². The number of ether oxygens (including phenoxy) is 1. The molecule has 1 aromatic rings. The quantitative estimate of drug-likeness (QED) is 0.778. The molecule has 5 heteroatoms. The third kappa shape index (κ3) is 4.34. The van der Waals surface area contributed by atoms with Crippen molar-refractivity contribution < 1.29 is 14.3 Å². The van der Waals surface area contributed by atoms with Gasteiger partial charge in [0.25, 0.3) is 5.91 Å². The van der Waals surface area contributed by atoms with Crippen LogP contribution in [0.5, 0.6) is 0 Å². The summed E-state index contributed by atoms with van der Waals surface area (Å²) in [6, 6.07) is 8.63. The highest BCUT2D eigenvalue weighted by Crippen LogP contribution is 2.02. The topological polar surface area (TPSA) is 79.2 Å². The normalized spacial score (nSPS) is 9.18. The molecule has 5 nitrogen and oxygen atoms in total. The summed E-state index contributed by atoms with van der Waals surface area (Å²) in [6.45, 7) is 1.37. The van der Waals surface area contributed by atoms with Crippen LogP contribution in [0.1, 0.15) is 15.9 Å². The standard InChI is InChI=1S/C12H12N2O3/c1-9-2-4-10(5-3-9)12(16)14-8-11(15)17-7-6-13/h2-5H,7-8H2,1H3,(H,14,16). The predicted molar refractivity (Wildman–Crippen MR) is 60.1 cm³/mol. The molecule has 0 aliphatic rings. The number of nitrogens with zero attached hydrogens (tertiary/aromatic N) is 1. The highest BCUT2D eigenvalue weighted by Gasteiger charge is 2.08. The van der Waals surface area contributed by atoms with Crippen LogP contribution in [0.3, 0.4) is 0 Å². The molecule has 0 heterocycles. The monoisotopic (exact) mass is 232 g/mol. The van der Waals surface area contributed by atoms with E-state index in [2.05, 4.69) is 10.1 Å². The average Bonchev–Trinajstić information content (AvgIpc) is 2.34. The van der Waals surface area contributed by atoms with E-state index in [1.54, 1.807) is 18.2 Å². The maximum absolute atomic E-state index is 11.6. The van der Waals surface area contributed by atoms with Crippen molar-refractivity contribution >= 4 is 11.9 Å². The zero-order valence-electron chi connectivity index (χ0n) is 9.40. The zero-order chi connectivity index (χ0) is 12.7. The largest absolute Gasteiger partial charge is 0.449 e. The van der Waals surface area contributed by atoms with Crippen molar-refractivity contribution in [1.82, 2.24) is 5.32 Å². The average molecular weight is 232 g/mol. The Hall–Kier alpha value is -2.35. The molecule has 0 bridgehead atoms. The molecular weight excluding hydrogens is 220 g/mol. The van der Waals surface area contributed by atoms with Crippen molar-refractivity contribution in [1.29, 1.82) is 5.26 Å². The van der Waals surface area contributed by atoms with Crippen LogP contribution < -0.4 is 5.32 Å². The van der Waals surface area contributed by atoms with Gasteiger partial charge in [0.15, 0.2) is 6.61 Å². The van der Waals surface area contributed by atoms with Gasteiger partial charge >= 0.3 is 5.97 Å². The summed E-state index contributed by atoms with van der Waals surface area (Å²) in [5, 5.41) is 10.6. The summed E-state index contributed by atoms with van der Waals surface area (Å²) < 4.78 is 4.48. The minimum Gasteiger partial charge on any atom is -0.449 e. The van der Waals surface area contributed by atoms with Crippen molar-refractivity contribution in [3.05, 3.63) is 35.4 Å². The van der Waals surface area contributed by atoms with Crippen molar-refractivity contribution in [2.45, 2.75) is 6.92 Å². The Kier molecular flexibility index (Phi) is 4.70. The zero-order valence-corrected chi connectivity index (χ0v) is 9.40. The van der Waals surface area contributed by atoms with Gasteiger partial charge in [0.1, 0.15) is 12.6 Å². The molecule has 0 fully saturated rings. The first kappa shape index (κ1) is 12.7. The van der Waals surface area contributed by atoms with E-state index in [9.17, 15) is 9.59 Å². The summed E-state index contributed by atoms with van der Waals surface area (Å²) in [4.78, 5) is 22.6. The molecule has 1 amide bonds. The van der Waals surface area contributed by atoms with E-state index in [4.69, 9.17) is 5.26 Å². The van der Waals surface area contributed by atoms with Crippen LogP contribution in [-0.2, 0) is 9.53 Å². The van der Waals surface area contributed by atoms with Crippen molar-refractivity contribution in [3.63, 3.8) is 0 Å². The molecule has 0 atom stereocenters. The Morgan fingerprint density at radius 1 is 1.35 bits per heavy atom. The number of benzene rings is 1. The lowest BCUT2D eigenvalue weighted by Gasteiger charge is -2.04. The molecule has 1 aromatic carbocycles. The summed E-state index contributed by atoms with van der Waals surface area (Å²) in [6.07, 6.45) is 0. The fourth-order valence-corrected chi connectivity index (χ4v) is 1.12. The van der Waals surface area contributed by atoms with Crippen molar-refractivity contribution in [3.8, 4) is 6.07 Å². The molecule has 0 saturated carbocycles. The molecule has 88 valence electrons. The lowest BCUT2D eigenvalue weighted by molar-refractivity contribution is -0.140. The molecule has 0 aliphatic carbocycles. The Balaban J connectivity index is 2.42. The molecule has 0 saturated heterocycles. The van der Waals surface area contributed by atoms with Gasteiger partial charge in [-0.3, -0.25) is 9.59 Å². The Morgan fingerprint density at radius 2 is 2.00 bits per heavy atom. The number of rotatable bonds is 4. The summed E-state index contributed by atoms with van der Waals surface area (Å²) in [7, 11) is 0. The van der Waals surface area contributed by atoms with E-state index < -0.39 is 5.97 Å². The lowest BCUT2D eigenvalue weighted by Crippen LogP contribution is -2.30. The van der Waals surface area contributed by atoms with E-state index in [1.165, 1.54) is 0 Å². The summed E-state index contributed by atoms with van der Waals surface area (Å²) in [5.41, 5.74) is 1.53. The number of esters is 1. The van der Waals surface area contributed by atoms with Gasteiger partial charge in [-0.25, -0.2) is 0 Å². The first-order valence-corrected chi connectivity index (χ1v) is 5.01. The number of hydrogen-bond donors (Lipinski definition) is 1. The number of carbonyl (C=O) groups is 2. The maximum atomic E-state index is 11.6. The number of carbonyl (C=O) groups excluding carboxylic acids is 2. The van der Waals surface area contributed by atoms with Crippen LogP contribution in [0, 0.1) is 18.3 Å². The van der Waals surface area contributed by atoms with Crippen LogP contribution in [0.15, 0.2) is 24.3 Å². The van der Waals surface area contributed by atoms with Crippen molar-refractivity contribution in [2.24, 2.45) is 0 Å². The second kappa shape index (κ2) is 6.28.